The summed E-state index contributed by atoms with van der Waals surface area (Å²) < 4.78 is 0. The molecule has 0 aliphatic heterocycles. The molecule has 2 unspecified atom stereocenters. The van der Waals surface area contributed by atoms with Crippen molar-refractivity contribution in [1.29, 1.82) is 0 Å². The number of nitrogens with zero attached hydrogens (tertiary/aromatic N) is 1. The minimum absolute atomic E-state index is 0.247. The Bertz CT molecular complexity index is 349. The number of hydrogen-bond donors (Lipinski definition) is 2. The zero-order valence-corrected chi connectivity index (χ0v) is 8.59. The Morgan fingerprint density at radius 1 is 1.57 bits per heavy atom. The van der Waals surface area contributed by atoms with Gasteiger partial charge in [-0.3, -0.25) is 5.10 Å². The maximum Gasteiger partial charge on any atom is 0.0522 e. The molecule has 2 aliphatic carbocycles. The molecule has 0 aromatic carbocycles. The number of nitrogens with one attached hydrogen (secondary N) is 1. The van der Waals surface area contributed by atoms with Crippen LogP contribution in [0, 0.1) is 5.41 Å². The van der Waals surface area contributed by atoms with E-state index in [1.807, 2.05) is 6.20 Å². The van der Waals surface area contributed by atoms with Crippen LogP contribution in [0.2, 0.25) is 0 Å². The zero-order valence-electron chi connectivity index (χ0n) is 8.59. The third kappa shape index (κ3) is 0.989. The fourth-order valence-corrected chi connectivity index (χ4v) is 3.18. The molecule has 0 saturated heterocycles. The highest BCUT2D eigenvalue weighted by molar-refractivity contribution is 5.31. The Morgan fingerprint density at radius 3 is 3.00 bits per heavy atom. The molecule has 3 N–H and O–H groups in total. The van der Waals surface area contributed by atoms with Gasteiger partial charge in [0.25, 0.3) is 0 Å². The van der Waals surface area contributed by atoms with Crippen LogP contribution in [-0.4, -0.2) is 16.2 Å². The van der Waals surface area contributed by atoms with Crippen LogP contribution in [0.5, 0.6) is 0 Å². The summed E-state index contributed by atoms with van der Waals surface area (Å²) in [7, 11) is 0. The summed E-state index contributed by atoms with van der Waals surface area (Å²) in [5.41, 5.74) is 9.36. The average Bonchev–Trinajstić information content (AvgIpc) is 2.75. The van der Waals surface area contributed by atoms with Gasteiger partial charge in [0.2, 0.25) is 0 Å². The lowest BCUT2D eigenvalue weighted by molar-refractivity contribution is 0.307. The zero-order chi connectivity index (χ0) is 9.76. The van der Waals surface area contributed by atoms with Gasteiger partial charge in [-0.1, -0.05) is 0 Å². The summed E-state index contributed by atoms with van der Waals surface area (Å²) in [6.45, 7) is 2.13. The Labute approximate surface area is 84.1 Å². The fraction of sp³-hybridized carbons (Fsp3) is 0.727. The predicted molar refractivity (Wildman–Crippen MR) is 55.0 cm³/mol. The van der Waals surface area contributed by atoms with Crippen LogP contribution in [0.15, 0.2) is 6.20 Å². The van der Waals surface area contributed by atoms with E-state index in [9.17, 15) is 0 Å². The van der Waals surface area contributed by atoms with E-state index >= 15 is 0 Å². The molecule has 3 rings (SSSR count). The van der Waals surface area contributed by atoms with Crippen LogP contribution >= 0.6 is 0 Å². The largest absolute Gasteiger partial charge is 0.327 e. The molecular formula is C11H17N3. The molecule has 1 spiro atoms. The number of aromatic amines is 1. The van der Waals surface area contributed by atoms with E-state index < -0.39 is 0 Å². The summed E-state index contributed by atoms with van der Waals surface area (Å²) in [6.07, 6.45) is 7.19. The first kappa shape index (κ1) is 8.48. The number of fused-ring (bicyclic) bond motifs is 1. The number of aryl methyl sites for hydroxylation is 1. The molecule has 0 radical (unpaired) electrons. The van der Waals surface area contributed by atoms with E-state index in [1.54, 1.807) is 0 Å². The quantitative estimate of drug-likeness (QED) is 0.708. The highest BCUT2D eigenvalue weighted by atomic mass is 15.1. The molecule has 2 atom stereocenters. The van der Waals surface area contributed by atoms with E-state index in [2.05, 4.69) is 17.1 Å². The van der Waals surface area contributed by atoms with Crippen molar-refractivity contribution in [2.24, 2.45) is 11.1 Å². The van der Waals surface area contributed by atoms with Crippen LogP contribution in [0.1, 0.15) is 43.4 Å². The first-order valence-corrected chi connectivity index (χ1v) is 5.51. The Kier molecular flexibility index (Phi) is 1.57. The molecule has 0 amide bonds. The maximum absolute atomic E-state index is 6.11. The second kappa shape index (κ2) is 2.60. The predicted octanol–water partition coefficient (Wildman–Crippen LogP) is 1.57. The van der Waals surface area contributed by atoms with Crippen LogP contribution in [0.25, 0.3) is 0 Å². The van der Waals surface area contributed by atoms with Crippen LogP contribution < -0.4 is 5.73 Å². The molecule has 2 aliphatic rings. The second-order valence-corrected chi connectivity index (χ2v) is 5.01. The molecular weight excluding hydrogens is 174 g/mol. The molecule has 1 saturated carbocycles. The van der Waals surface area contributed by atoms with E-state index in [-0.39, 0.29) is 6.04 Å². The topological polar surface area (TPSA) is 54.7 Å². The van der Waals surface area contributed by atoms with E-state index in [1.165, 1.54) is 36.9 Å². The standard InChI is InChI=1S/C11H17N3/c1-7(12)9-10-8(6-13-14-10)2-3-11(9)4-5-11/h6-7,9H,2-5,12H2,1H3,(H,13,14). The van der Waals surface area contributed by atoms with Crippen molar-refractivity contribution < 1.29 is 0 Å². The van der Waals surface area contributed by atoms with Crippen molar-refractivity contribution in [3.8, 4) is 0 Å². The Balaban J connectivity index is 2.05. The van der Waals surface area contributed by atoms with Gasteiger partial charge in [0, 0.05) is 17.7 Å². The number of hydrogen-bond acceptors (Lipinski definition) is 2. The number of nitrogens with two attached hydrogens (primary N) is 1. The molecule has 0 bridgehead atoms. The summed E-state index contributed by atoms with van der Waals surface area (Å²) in [4.78, 5) is 0. The third-order valence-electron chi connectivity index (χ3n) is 4.03. The minimum Gasteiger partial charge on any atom is -0.327 e. The molecule has 3 heteroatoms. The lowest BCUT2D eigenvalue weighted by Crippen LogP contribution is -2.35. The monoisotopic (exact) mass is 191 g/mol. The molecule has 1 aromatic rings. The van der Waals surface area contributed by atoms with Crippen molar-refractivity contribution in [2.45, 2.75) is 44.6 Å². The molecule has 1 heterocycles. The normalized spacial score (nSPS) is 30.0. The van der Waals surface area contributed by atoms with E-state index in [0.717, 1.165) is 0 Å². The van der Waals surface area contributed by atoms with E-state index in [0.29, 0.717) is 11.3 Å². The molecule has 3 nitrogen and oxygen atoms in total. The van der Waals surface area contributed by atoms with Gasteiger partial charge >= 0.3 is 0 Å². The van der Waals surface area contributed by atoms with Gasteiger partial charge < -0.3 is 5.73 Å². The number of rotatable bonds is 1. The van der Waals surface area contributed by atoms with Gasteiger partial charge in [0.1, 0.15) is 0 Å². The second-order valence-electron chi connectivity index (χ2n) is 5.01. The van der Waals surface area contributed by atoms with Crippen molar-refractivity contribution in [2.75, 3.05) is 0 Å². The van der Waals surface area contributed by atoms with Gasteiger partial charge in [0.15, 0.2) is 0 Å². The number of H-pyrrole nitrogens is 1. The molecule has 1 fully saturated rings. The third-order valence-corrected chi connectivity index (χ3v) is 4.03. The van der Waals surface area contributed by atoms with Crippen LogP contribution in [0.3, 0.4) is 0 Å². The highest BCUT2D eigenvalue weighted by Crippen LogP contribution is 2.62. The van der Waals surface area contributed by atoms with Crippen molar-refractivity contribution in [1.82, 2.24) is 10.2 Å². The van der Waals surface area contributed by atoms with E-state index in [4.69, 9.17) is 5.73 Å². The SMILES string of the molecule is CC(N)C1c2[nH]ncc2CCC12CC2. The van der Waals surface area contributed by atoms with Crippen molar-refractivity contribution in [3.05, 3.63) is 17.5 Å². The van der Waals surface area contributed by atoms with Crippen molar-refractivity contribution in [3.63, 3.8) is 0 Å². The van der Waals surface area contributed by atoms with Crippen molar-refractivity contribution >= 4 is 0 Å². The van der Waals surface area contributed by atoms with Gasteiger partial charge in [-0.25, -0.2) is 0 Å². The smallest absolute Gasteiger partial charge is 0.0522 e. The summed E-state index contributed by atoms with van der Waals surface area (Å²) in [5, 5.41) is 7.30. The van der Waals surface area contributed by atoms with Gasteiger partial charge in [-0.15, -0.1) is 0 Å². The maximum atomic E-state index is 6.11. The fourth-order valence-electron chi connectivity index (χ4n) is 3.18. The lowest BCUT2D eigenvalue weighted by atomic mass is 9.73. The first-order chi connectivity index (χ1) is 6.73. The average molecular weight is 191 g/mol. The van der Waals surface area contributed by atoms with Gasteiger partial charge in [-0.05, 0) is 43.6 Å². The number of aromatic nitrogens is 2. The Morgan fingerprint density at radius 2 is 2.36 bits per heavy atom. The van der Waals surface area contributed by atoms with Gasteiger partial charge in [-0.2, -0.15) is 5.10 Å². The van der Waals surface area contributed by atoms with Crippen LogP contribution in [-0.2, 0) is 6.42 Å². The lowest BCUT2D eigenvalue weighted by Gasteiger charge is -2.34. The minimum atomic E-state index is 0.247. The van der Waals surface area contributed by atoms with Gasteiger partial charge in [0.05, 0.1) is 6.20 Å². The molecule has 14 heavy (non-hydrogen) atoms. The summed E-state index contributed by atoms with van der Waals surface area (Å²) in [5.74, 6) is 0.522. The van der Waals surface area contributed by atoms with Crippen LogP contribution in [0.4, 0.5) is 0 Å². The summed E-state index contributed by atoms with van der Waals surface area (Å²) in [6, 6.07) is 0.247. The molecule has 76 valence electrons. The molecule has 1 aromatic heterocycles. The first-order valence-electron chi connectivity index (χ1n) is 5.51. The Hall–Kier alpha value is -0.830. The highest BCUT2D eigenvalue weighted by Gasteiger charge is 2.53. The summed E-state index contributed by atoms with van der Waals surface area (Å²) >= 11 is 0.